The van der Waals surface area contributed by atoms with Crippen molar-refractivity contribution in [3.63, 3.8) is 0 Å². The van der Waals surface area contributed by atoms with E-state index in [2.05, 4.69) is 11.8 Å². The molecule has 0 saturated carbocycles. The van der Waals surface area contributed by atoms with Gasteiger partial charge in [-0.1, -0.05) is 13.0 Å². The Balaban J connectivity index is 2.24. The van der Waals surface area contributed by atoms with Crippen molar-refractivity contribution in [2.45, 2.75) is 6.92 Å². The van der Waals surface area contributed by atoms with Crippen molar-refractivity contribution in [3.8, 4) is 5.75 Å². The maximum atomic E-state index is 11.2. The standard InChI is InChI=1S/C14H19NO4/c1-10(9-18-2)8-15-6-7-19-13-11(14(16)17)4-3-5-12(13)15/h3-5,10H,6-9H2,1-2H3,(H,16,17). The first-order valence-corrected chi connectivity index (χ1v) is 6.36. The van der Waals surface area contributed by atoms with Gasteiger partial charge in [0.1, 0.15) is 12.2 Å². The van der Waals surface area contributed by atoms with E-state index in [1.807, 2.05) is 6.07 Å². The smallest absolute Gasteiger partial charge is 0.339 e. The van der Waals surface area contributed by atoms with Crippen LogP contribution in [0.3, 0.4) is 0 Å². The fraction of sp³-hybridized carbons (Fsp3) is 0.500. The molecular weight excluding hydrogens is 246 g/mol. The van der Waals surface area contributed by atoms with Crippen LogP contribution in [-0.4, -0.2) is 44.5 Å². The van der Waals surface area contributed by atoms with Gasteiger partial charge < -0.3 is 19.5 Å². The van der Waals surface area contributed by atoms with Crippen LogP contribution in [-0.2, 0) is 4.74 Å². The molecule has 1 aliphatic rings. The third-order valence-corrected chi connectivity index (χ3v) is 3.16. The van der Waals surface area contributed by atoms with E-state index >= 15 is 0 Å². The number of nitrogens with zero attached hydrogens (tertiary/aromatic N) is 1. The number of para-hydroxylation sites is 1. The molecule has 104 valence electrons. The summed E-state index contributed by atoms with van der Waals surface area (Å²) in [6, 6.07) is 5.23. The molecule has 0 aliphatic carbocycles. The number of fused-ring (bicyclic) bond motifs is 1. The van der Waals surface area contributed by atoms with Crippen LogP contribution in [0, 0.1) is 5.92 Å². The lowest BCUT2D eigenvalue weighted by atomic mass is 10.1. The number of carboxylic acids is 1. The highest BCUT2D eigenvalue weighted by Crippen LogP contribution is 2.35. The highest BCUT2D eigenvalue weighted by molar-refractivity contribution is 5.93. The van der Waals surface area contributed by atoms with Crippen LogP contribution in [0.15, 0.2) is 18.2 Å². The Morgan fingerprint density at radius 1 is 1.58 bits per heavy atom. The van der Waals surface area contributed by atoms with Gasteiger partial charge in [0.25, 0.3) is 0 Å². The molecule has 1 aromatic rings. The van der Waals surface area contributed by atoms with Crippen molar-refractivity contribution in [2.24, 2.45) is 5.92 Å². The lowest BCUT2D eigenvalue weighted by Crippen LogP contribution is -2.37. The number of aromatic carboxylic acids is 1. The maximum Gasteiger partial charge on any atom is 0.339 e. The first kappa shape index (κ1) is 13.7. The van der Waals surface area contributed by atoms with E-state index in [9.17, 15) is 9.90 Å². The van der Waals surface area contributed by atoms with Crippen LogP contribution in [0.1, 0.15) is 17.3 Å². The Morgan fingerprint density at radius 3 is 3.05 bits per heavy atom. The van der Waals surface area contributed by atoms with Crippen LogP contribution in [0.4, 0.5) is 5.69 Å². The number of methoxy groups -OCH3 is 1. The van der Waals surface area contributed by atoms with Crippen molar-refractivity contribution >= 4 is 11.7 Å². The van der Waals surface area contributed by atoms with Crippen molar-refractivity contribution in [2.75, 3.05) is 38.3 Å². The van der Waals surface area contributed by atoms with Crippen LogP contribution in [0.25, 0.3) is 0 Å². The Hall–Kier alpha value is -1.75. The lowest BCUT2D eigenvalue weighted by Gasteiger charge is -2.33. The number of carboxylic acid groups (broad SMARTS) is 1. The monoisotopic (exact) mass is 265 g/mol. The van der Waals surface area contributed by atoms with E-state index < -0.39 is 5.97 Å². The summed E-state index contributed by atoms with van der Waals surface area (Å²) in [7, 11) is 1.69. The minimum Gasteiger partial charge on any atom is -0.489 e. The van der Waals surface area contributed by atoms with Gasteiger partial charge in [0.15, 0.2) is 5.75 Å². The minimum atomic E-state index is -0.955. The molecule has 0 bridgehead atoms. The summed E-state index contributed by atoms with van der Waals surface area (Å²) in [6.45, 7) is 4.90. The summed E-state index contributed by atoms with van der Waals surface area (Å²) in [5, 5.41) is 9.17. The van der Waals surface area contributed by atoms with E-state index in [-0.39, 0.29) is 5.56 Å². The predicted octanol–water partition coefficient (Wildman–Crippen LogP) is 1.87. The van der Waals surface area contributed by atoms with E-state index in [0.717, 1.165) is 18.8 Å². The topological polar surface area (TPSA) is 59.0 Å². The number of benzene rings is 1. The SMILES string of the molecule is COCC(C)CN1CCOc2c(C(=O)O)cccc21. The molecule has 5 nitrogen and oxygen atoms in total. The van der Waals surface area contributed by atoms with Crippen LogP contribution >= 0.6 is 0 Å². The first-order valence-electron chi connectivity index (χ1n) is 6.36. The van der Waals surface area contributed by atoms with Gasteiger partial charge in [-0.05, 0) is 18.1 Å². The third kappa shape index (κ3) is 2.98. The summed E-state index contributed by atoms with van der Waals surface area (Å²) in [4.78, 5) is 13.3. The number of carbonyl (C=O) groups is 1. The van der Waals surface area contributed by atoms with Crippen LogP contribution in [0.5, 0.6) is 5.75 Å². The molecule has 1 aliphatic heterocycles. The first-order chi connectivity index (χ1) is 9.13. The fourth-order valence-corrected chi connectivity index (χ4v) is 2.38. The molecule has 1 atom stereocenters. The molecule has 0 saturated heterocycles. The number of anilines is 1. The molecule has 1 heterocycles. The molecule has 2 rings (SSSR count). The molecular formula is C14H19NO4. The highest BCUT2D eigenvalue weighted by atomic mass is 16.5. The molecule has 1 N–H and O–H groups in total. The Morgan fingerprint density at radius 2 is 2.37 bits per heavy atom. The summed E-state index contributed by atoms with van der Waals surface area (Å²) in [6.07, 6.45) is 0. The van der Waals surface area contributed by atoms with Crippen molar-refractivity contribution < 1.29 is 19.4 Å². The molecule has 1 aromatic carbocycles. The normalized spacial score (nSPS) is 15.6. The Bertz CT molecular complexity index is 461. The molecule has 1 unspecified atom stereocenters. The van der Waals surface area contributed by atoms with Crippen molar-refractivity contribution in [1.82, 2.24) is 0 Å². The van der Waals surface area contributed by atoms with Gasteiger partial charge >= 0.3 is 5.97 Å². The van der Waals surface area contributed by atoms with Gasteiger partial charge in [-0.2, -0.15) is 0 Å². The van der Waals surface area contributed by atoms with E-state index in [0.29, 0.717) is 24.9 Å². The van der Waals surface area contributed by atoms with Gasteiger partial charge in [0, 0.05) is 13.7 Å². The number of ether oxygens (including phenoxy) is 2. The fourth-order valence-electron chi connectivity index (χ4n) is 2.38. The summed E-state index contributed by atoms with van der Waals surface area (Å²) < 4.78 is 10.7. The highest BCUT2D eigenvalue weighted by Gasteiger charge is 2.24. The molecule has 0 amide bonds. The van der Waals surface area contributed by atoms with E-state index in [1.54, 1.807) is 19.2 Å². The molecule has 0 fully saturated rings. The third-order valence-electron chi connectivity index (χ3n) is 3.16. The maximum absolute atomic E-state index is 11.2. The summed E-state index contributed by atoms with van der Waals surface area (Å²) >= 11 is 0. The molecule has 0 aromatic heterocycles. The van der Waals surface area contributed by atoms with Crippen molar-refractivity contribution in [1.29, 1.82) is 0 Å². The zero-order chi connectivity index (χ0) is 13.8. The average molecular weight is 265 g/mol. The average Bonchev–Trinajstić information content (AvgIpc) is 2.38. The second-order valence-corrected chi connectivity index (χ2v) is 4.81. The molecule has 5 heteroatoms. The van der Waals surface area contributed by atoms with E-state index in [1.165, 1.54) is 0 Å². The zero-order valence-electron chi connectivity index (χ0n) is 11.3. The summed E-state index contributed by atoms with van der Waals surface area (Å²) in [5.41, 5.74) is 1.08. The van der Waals surface area contributed by atoms with Gasteiger partial charge in [0.05, 0.1) is 18.8 Å². The van der Waals surface area contributed by atoms with Crippen LogP contribution < -0.4 is 9.64 Å². The van der Waals surface area contributed by atoms with Gasteiger partial charge in [0.2, 0.25) is 0 Å². The van der Waals surface area contributed by atoms with Crippen LogP contribution in [0.2, 0.25) is 0 Å². The number of hydrogen-bond acceptors (Lipinski definition) is 4. The van der Waals surface area contributed by atoms with Gasteiger partial charge in [-0.25, -0.2) is 4.79 Å². The second-order valence-electron chi connectivity index (χ2n) is 4.81. The molecule has 0 radical (unpaired) electrons. The summed E-state index contributed by atoms with van der Waals surface area (Å²) in [5.74, 6) is -0.0982. The minimum absolute atomic E-state index is 0.224. The predicted molar refractivity (Wildman–Crippen MR) is 72.1 cm³/mol. The molecule has 0 spiro atoms. The molecule has 19 heavy (non-hydrogen) atoms. The van der Waals surface area contributed by atoms with Crippen molar-refractivity contribution in [3.05, 3.63) is 23.8 Å². The van der Waals surface area contributed by atoms with E-state index in [4.69, 9.17) is 9.47 Å². The van der Waals surface area contributed by atoms with Gasteiger partial charge in [-0.3, -0.25) is 0 Å². The number of rotatable bonds is 5. The largest absolute Gasteiger partial charge is 0.489 e. The quantitative estimate of drug-likeness (QED) is 0.880. The zero-order valence-corrected chi connectivity index (χ0v) is 11.3. The Kier molecular flexibility index (Phi) is 4.27. The van der Waals surface area contributed by atoms with Gasteiger partial charge in [-0.15, -0.1) is 0 Å². The number of hydrogen-bond donors (Lipinski definition) is 1. The Labute approximate surface area is 112 Å². The lowest BCUT2D eigenvalue weighted by molar-refractivity contribution is 0.0692. The second kappa shape index (κ2) is 5.93.